The fourth-order valence-electron chi connectivity index (χ4n) is 2.46. The SMILES string of the molecule is CCCCc1ccc2[nH]c(C)c(CC[NH3+])c2c1. The van der Waals surface area contributed by atoms with Crippen LogP contribution in [0.4, 0.5) is 0 Å². The Balaban J connectivity index is 2.39. The highest BCUT2D eigenvalue weighted by atomic mass is 14.7. The summed E-state index contributed by atoms with van der Waals surface area (Å²) in [5, 5.41) is 1.40. The van der Waals surface area contributed by atoms with Crippen molar-refractivity contribution >= 4 is 10.9 Å². The van der Waals surface area contributed by atoms with E-state index in [1.165, 1.54) is 47.0 Å². The van der Waals surface area contributed by atoms with Crippen LogP contribution in [-0.4, -0.2) is 11.5 Å². The van der Waals surface area contributed by atoms with Gasteiger partial charge in [-0.05, 0) is 43.0 Å². The van der Waals surface area contributed by atoms with Gasteiger partial charge in [-0.1, -0.05) is 19.4 Å². The van der Waals surface area contributed by atoms with Gasteiger partial charge < -0.3 is 10.7 Å². The van der Waals surface area contributed by atoms with Gasteiger partial charge in [0.2, 0.25) is 0 Å². The average molecular weight is 231 g/mol. The van der Waals surface area contributed by atoms with Gasteiger partial charge in [0.1, 0.15) is 0 Å². The number of quaternary nitrogens is 1. The molecule has 1 heterocycles. The van der Waals surface area contributed by atoms with E-state index in [4.69, 9.17) is 0 Å². The lowest BCUT2D eigenvalue weighted by Gasteiger charge is -2.02. The molecule has 1 aromatic heterocycles. The van der Waals surface area contributed by atoms with Crippen molar-refractivity contribution in [1.29, 1.82) is 0 Å². The monoisotopic (exact) mass is 231 g/mol. The summed E-state index contributed by atoms with van der Waals surface area (Å²) in [6.07, 6.45) is 4.80. The highest BCUT2D eigenvalue weighted by Crippen LogP contribution is 2.24. The number of hydrogen-bond acceptors (Lipinski definition) is 0. The number of benzene rings is 1. The summed E-state index contributed by atoms with van der Waals surface area (Å²) in [4.78, 5) is 3.47. The minimum Gasteiger partial charge on any atom is -0.358 e. The zero-order valence-corrected chi connectivity index (χ0v) is 11.0. The Morgan fingerprint density at radius 1 is 1.24 bits per heavy atom. The summed E-state index contributed by atoms with van der Waals surface area (Å²) < 4.78 is 0. The molecule has 4 N–H and O–H groups in total. The van der Waals surface area contributed by atoms with Crippen molar-refractivity contribution in [3.63, 3.8) is 0 Å². The van der Waals surface area contributed by atoms with E-state index in [2.05, 4.69) is 42.8 Å². The van der Waals surface area contributed by atoms with Crippen molar-refractivity contribution in [2.75, 3.05) is 6.54 Å². The first-order valence-electron chi connectivity index (χ1n) is 6.65. The molecule has 0 saturated carbocycles. The molecule has 0 spiro atoms. The third-order valence-electron chi connectivity index (χ3n) is 3.43. The Labute approximate surface area is 103 Å². The summed E-state index contributed by atoms with van der Waals surface area (Å²) >= 11 is 0. The highest BCUT2D eigenvalue weighted by Gasteiger charge is 2.08. The number of aromatic nitrogens is 1. The molecule has 92 valence electrons. The van der Waals surface area contributed by atoms with Gasteiger partial charge in [0.25, 0.3) is 0 Å². The molecule has 0 aliphatic heterocycles. The van der Waals surface area contributed by atoms with Gasteiger partial charge in [0.15, 0.2) is 0 Å². The standard InChI is InChI=1S/C15H22N2/c1-3-4-5-12-6-7-15-14(10-12)13(8-9-16)11(2)17-15/h6-7,10,17H,3-5,8-9,16H2,1-2H3/p+1. The zero-order chi connectivity index (χ0) is 12.3. The minimum absolute atomic E-state index is 0.965. The molecule has 2 rings (SSSR count). The number of H-pyrrole nitrogens is 1. The molecule has 0 bridgehead atoms. The first-order valence-corrected chi connectivity index (χ1v) is 6.65. The van der Waals surface area contributed by atoms with Gasteiger partial charge in [-0.15, -0.1) is 0 Å². The van der Waals surface area contributed by atoms with Gasteiger partial charge >= 0.3 is 0 Å². The normalized spacial score (nSPS) is 11.2. The van der Waals surface area contributed by atoms with E-state index in [9.17, 15) is 0 Å². The van der Waals surface area contributed by atoms with Crippen molar-refractivity contribution in [1.82, 2.24) is 4.98 Å². The molecule has 0 amide bonds. The molecule has 0 unspecified atom stereocenters. The smallest absolute Gasteiger partial charge is 0.0781 e. The van der Waals surface area contributed by atoms with Crippen LogP contribution >= 0.6 is 0 Å². The second kappa shape index (κ2) is 5.37. The predicted molar refractivity (Wildman–Crippen MR) is 73.1 cm³/mol. The fourth-order valence-corrected chi connectivity index (χ4v) is 2.46. The minimum atomic E-state index is 0.965. The van der Waals surface area contributed by atoms with E-state index in [-0.39, 0.29) is 0 Å². The van der Waals surface area contributed by atoms with Crippen LogP contribution in [0.2, 0.25) is 0 Å². The van der Waals surface area contributed by atoms with Crippen molar-refractivity contribution in [3.05, 3.63) is 35.0 Å². The number of fused-ring (bicyclic) bond motifs is 1. The van der Waals surface area contributed by atoms with Gasteiger partial charge in [0, 0.05) is 23.0 Å². The first kappa shape index (κ1) is 12.2. The van der Waals surface area contributed by atoms with Crippen LogP contribution in [0.1, 0.15) is 36.6 Å². The quantitative estimate of drug-likeness (QED) is 0.794. The van der Waals surface area contributed by atoms with E-state index in [0.717, 1.165) is 13.0 Å². The maximum absolute atomic E-state index is 3.97. The lowest BCUT2D eigenvalue weighted by molar-refractivity contribution is -0.366. The topological polar surface area (TPSA) is 43.4 Å². The Bertz CT molecular complexity index is 497. The average Bonchev–Trinajstić information content (AvgIpc) is 2.64. The van der Waals surface area contributed by atoms with Gasteiger partial charge in [-0.25, -0.2) is 0 Å². The number of rotatable bonds is 5. The molecule has 2 nitrogen and oxygen atoms in total. The molecule has 0 aliphatic rings. The fraction of sp³-hybridized carbons (Fsp3) is 0.467. The lowest BCUT2D eigenvalue weighted by atomic mass is 10.0. The van der Waals surface area contributed by atoms with Crippen LogP contribution in [0.15, 0.2) is 18.2 Å². The molecule has 2 heteroatoms. The van der Waals surface area contributed by atoms with Crippen LogP contribution in [0, 0.1) is 6.92 Å². The van der Waals surface area contributed by atoms with E-state index in [1.54, 1.807) is 0 Å². The molecule has 0 radical (unpaired) electrons. The number of aromatic amines is 1. The molecular weight excluding hydrogens is 208 g/mol. The summed E-state index contributed by atoms with van der Waals surface area (Å²) in [5.74, 6) is 0. The largest absolute Gasteiger partial charge is 0.358 e. The predicted octanol–water partition coefficient (Wildman–Crippen LogP) is 2.60. The Morgan fingerprint density at radius 2 is 2.06 bits per heavy atom. The third-order valence-corrected chi connectivity index (χ3v) is 3.43. The second-order valence-electron chi connectivity index (χ2n) is 4.82. The van der Waals surface area contributed by atoms with Gasteiger partial charge in [-0.3, -0.25) is 0 Å². The van der Waals surface area contributed by atoms with Gasteiger partial charge in [0.05, 0.1) is 6.54 Å². The van der Waals surface area contributed by atoms with Crippen molar-refractivity contribution in [2.24, 2.45) is 0 Å². The number of aryl methyl sites for hydroxylation is 2. The third kappa shape index (κ3) is 2.52. The van der Waals surface area contributed by atoms with Crippen LogP contribution in [0.5, 0.6) is 0 Å². The molecule has 1 aromatic carbocycles. The maximum atomic E-state index is 3.97. The van der Waals surface area contributed by atoms with Crippen LogP contribution < -0.4 is 5.73 Å². The Kier molecular flexibility index (Phi) is 3.85. The molecule has 2 aromatic rings. The highest BCUT2D eigenvalue weighted by molar-refractivity contribution is 5.85. The van der Waals surface area contributed by atoms with E-state index >= 15 is 0 Å². The Hall–Kier alpha value is -1.28. The van der Waals surface area contributed by atoms with Crippen molar-refractivity contribution in [2.45, 2.75) is 39.5 Å². The maximum Gasteiger partial charge on any atom is 0.0781 e. The molecular formula is C15H23N2+. The summed E-state index contributed by atoms with van der Waals surface area (Å²) in [7, 11) is 0. The molecule has 0 fully saturated rings. The molecule has 17 heavy (non-hydrogen) atoms. The molecule has 0 saturated heterocycles. The first-order chi connectivity index (χ1) is 8.26. The lowest BCUT2D eigenvalue weighted by Crippen LogP contribution is -2.51. The number of nitrogens with one attached hydrogen (secondary N) is 1. The Morgan fingerprint density at radius 3 is 2.76 bits per heavy atom. The summed E-state index contributed by atoms with van der Waals surface area (Å²) in [6.45, 7) is 5.37. The van der Waals surface area contributed by atoms with Crippen LogP contribution in [-0.2, 0) is 12.8 Å². The summed E-state index contributed by atoms with van der Waals surface area (Å²) in [6, 6.07) is 6.83. The molecule has 0 atom stereocenters. The van der Waals surface area contributed by atoms with Crippen molar-refractivity contribution < 1.29 is 5.73 Å². The number of unbranched alkanes of at least 4 members (excludes halogenated alkanes) is 1. The summed E-state index contributed by atoms with van der Waals surface area (Å²) in [5.41, 5.74) is 9.45. The zero-order valence-electron chi connectivity index (χ0n) is 11.0. The number of hydrogen-bond donors (Lipinski definition) is 2. The van der Waals surface area contributed by atoms with Gasteiger partial charge in [-0.2, -0.15) is 0 Å². The van der Waals surface area contributed by atoms with Crippen LogP contribution in [0.25, 0.3) is 10.9 Å². The van der Waals surface area contributed by atoms with Crippen LogP contribution in [0.3, 0.4) is 0 Å². The van der Waals surface area contributed by atoms with E-state index < -0.39 is 0 Å². The van der Waals surface area contributed by atoms with E-state index in [1.807, 2.05) is 0 Å². The molecule has 0 aliphatic carbocycles. The van der Waals surface area contributed by atoms with E-state index in [0.29, 0.717) is 0 Å². The second-order valence-corrected chi connectivity index (χ2v) is 4.82. The van der Waals surface area contributed by atoms with Crippen molar-refractivity contribution in [3.8, 4) is 0 Å².